The number of piperazine rings is 1. The molecule has 2 rings (SSSR count). The molecule has 0 amide bonds. The highest BCUT2D eigenvalue weighted by molar-refractivity contribution is 5.57. The molecule has 1 saturated heterocycles. The topological polar surface area (TPSA) is 35.9 Å². The van der Waals surface area contributed by atoms with Crippen LogP contribution in [0.2, 0.25) is 0 Å². The smallest absolute Gasteiger partial charge is 0.126 e. The van der Waals surface area contributed by atoms with Crippen LogP contribution in [0.1, 0.15) is 32.3 Å². The van der Waals surface area contributed by atoms with Gasteiger partial charge in [-0.3, -0.25) is 9.80 Å². The average Bonchev–Trinajstić information content (AvgIpc) is 2.61. The number of hydrogen-bond acceptors (Lipinski definition) is 4. The highest BCUT2D eigenvalue weighted by atomic mass is 16.5. The Balaban J connectivity index is 1.88. The molecule has 1 aromatic carbocycles. The molecule has 0 radical (unpaired) electrons. The van der Waals surface area contributed by atoms with Crippen molar-refractivity contribution in [1.82, 2.24) is 9.80 Å². The quantitative estimate of drug-likeness (QED) is 0.745. The van der Waals surface area contributed by atoms with Gasteiger partial charge in [0, 0.05) is 44.4 Å². The Labute approximate surface area is 153 Å². The summed E-state index contributed by atoms with van der Waals surface area (Å²) in [5, 5.41) is 9.41. The molecule has 0 aromatic heterocycles. The van der Waals surface area contributed by atoms with Crippen molar-refractivity contribution in [3.63, 3.8) is 0 Å². The van der Waals surface area contributed by atoms with Gasteiger partial charge in [-0.15, -0.1) is 0 Å². The Hall–Kier alpha value is -1.36. The number of aliphatic hydroxyl groups excluding tert-OH is 1. The van der Waals surface area contributed by atoms with Crippen LogP contribution in [0.5, 0.6) is 5.75 Å². The van der Waals surface area contributed by atoms with Crippen LogP contribution >= 0.6 is 0 Å². The molecular formula is C21H34N2O2. The molecule has 1 fully saturated rings. The van der Waals surface area contributed by atoms with Crippen molar-refractivity contribution in [3.05, 3.63) is 35.9 Å². The predicted molar refractivity (Wildman–Crippen MR) is 105 cm³/mol. The lowest BCUT2D eigenvalue weighted by Crippen LogP contribution is -2.53. The van der Waals surface area contributed by atoms with E-state index in [1.807, 2.05) is 18.2 Å². The zero-order valence-electron chi connectivity index (χ0n) is 16.0. The number of methoxy groups -OCH3 is 1. The van der Waals surface area contributed by atoms with Crippen molar-refractivity contribution in [3.8, 4) is 5.75 Å². The largest absolute Gasteiger partial charge is 0.496 e. The van der Waals surface area contributed by atoms with Crippen LogP contribution in [-0.2, 0) is 0 Å². The van der Waals surface area contributed by atoms with Gasteiger partial charge in [0.25, 0.3) is 0 Å². The molecule has 1 N–H and O–H groups in total. The van der Waals surface area contributed by atoms with Crippen LogP contribution < -0.4 is 4.74 Å². The standard InChI is InChI=1S/C21H34N2O2/c1-18(2)10-13-23-15-14-22(17-20(23)11-16-24)12-6-8-19-7-4-5-9-21(19)25-3/h4-9,18,20,24H,10-17H2,1-3H3. The van der Waals surface area contributed by atoms with E-state index in [9.17, 15) is 5.11 Å². The molecule has 1 atom stereocenters. The fourth-order valence-electron chi connectivity index (χ4n) is 3.40. The van der Waals surface area contributed by atoms with E-state index in [1.165, 1.54) is 6.42 Å². The molecule has 4 nitrogen and oxygen atoms in total. The fraction of sp³-hybridized carbons (Fsp3) is 0.619. The van der Waals surface area contributed by atoms with E-state index < -0.39 is 0 Å². The molecule has 1 heterocycles. The van der Waals surface area contributed by atoms with E-state index in [2.05, 4.69) is 41.9 Å². The van der Waals surface area contributed by atoms with Gasteiger partial charge in [-0.25, -0.2) is 0 Å². The molecule has 0 spiro atoms. The number of rotatable bonds is 9. The second kappa shape index (κ2) is 10.6. The van der Waals surface area contributed by atoms with Crippen LogP contribution in [0.4, 0.5) is 0 Å². The minimum atomic E-state index is 0.272. The van der Waals surface area contributed by atoms with E-state index >= 15 is 0 Å². The molecule has 4 heteroatoms. The zero-order valence-corrected chi connectivity index (χ0v) is 16.0. The Morgan fingerprint density at radius 1 is 1.28 bits per heavy atom. The maximum atomic E-state index is 9.41. The van der Waals surface area contributed by atoms with Crippen LogP contribution in [0.15, 0.2) is 30.3 Å². The molecule has 0 aliphatic carbocycles. The summed E-state index contributed by atoms with van der Waals surface area (Å²) < 4.78 is 5.40. The summed E-state index contributed by atoms with van der Waals surface area (Å²) in [5.74, 6) is 1.65. The van der Waals surface area contributed by atoms with Crippen molar-refractivity contribution in [2.75, 3.05) is 46.4 Å². The van der Waals surface area contributed by atoms with Gasteiger partial charge in [-0.1, -0.05) is 44.2 Å². The molecule has 1 unspecified atom stereocenters. The van der Waals surface area contributed by atoms with E-state index in [1.54, 1.807) is 7.11 Å². The molecule has 140 valence electrons. The first-order chi connectivity index (χ1) is 12.1. The average molecular weight is 347 g/mol. The number of ether oxygens (including phenoxy) is 1. The summed E-state index contributed by atoms with van der Waals surface area (Å²) in [6, 6.07) is 8.56. The monoisotopic (exact) mass is 346 g/mol. The van der Waals surface area contributed by atoms with Gasteiger partial charge in [0.2, 0.25) is 0 Å². The second-order valence-electron chi connectivity index (χ2n) is 7.29. The van der Waals surface area contributed by atoms with Crippen LogP contribution in [0.3, 0.4) is 0 Å². The minimum Gasteiger partial charge on any atom is -0.496 e. The second-order valence-corrected chi connectivity index (χ2v) is 7.29. The molecule has 25 heavy (non-hydrogen) atoms. The third-order valence-electron chi connectivity index (χ3n) is 4.94. The lowest BCUT2D eigenvalue weighted by atomic mass is 10.1. The summed E-state index contributed by atoms with van der Waals surface area (Å²) in [5.41, 5.74) is 1.12. The number of para-hydroxylation sites is 1. The number of aliphatic hydroxyl groups is 1. The molecule has 1 aromatic rings. The van der Waals surface area contributed by atoms with Crippen LogP contribution in [0.25, 0.3) is 6.08 Å². The fourth-order valence-corrected chi connectivity index (χ4v) is 3.40. The number of nitrogens with zero attached hydrogens (tertiary/aromatic N) is 2. The molecule has 1 aliphatic heterocycles. The zero-order chi connectivity index (χ0) is 18.1. The number of benzene rings is 1. The molecular weight excluding hydrogens is 312 g/mol. The minimum absolute atomic E-state index is 0.272. The van der Waals surface area contributed by atoms with Crippen molar-refractivity contribution in [2.24, 2.45) is 5.92 Å². The Morgan fingerprint density at radius 3 is 2.80 bits per heavy atom. The van der Waals surface area contributed by atoms with E-state index in [4.69, 9.17) is 4.74 Å². The summed E-state index contributed by atoms with van der Waals surface area (Å²) in [6.07, 6.45) is 6.46. The van der Waals surface area contributed by atoms with Crippen LogP contribution in [0, 0.1) is 5.92 Å². The summed E-state index contributed by atoms with van der Waals surface area (Å²) in [4.78, 5) is 5.05. The normalized spacial score (nSPS) is 19.8. The third-order valence-corrected chi connectivity index (χ3v) is 4.94. The van der Waals surface area contributed by atoms with E-state index in [-0.39, 0.29) is 6.61 Å². The summed E-state index contributed by atoms with van der Waals surface area (Å²) >= 11 is 0. The van der Waals surface area contributed by atoms with E-state index in [0.29, 0.717) is 6.04 Å². The van der Waals surface area contributed by atoms with Gasteiger partial charge in [0.15, 0.2) is 0 Å². The van der Waals surface area contributed by atoms with Crippen molar-refractivity contribution in [2.45, 2.75) is 32.7 Å². The molecule has 0 saturated carbocycles. The predicted octanol–water partition coefficient (Wildman–Crippen LogP) is 3.12. The lowest BCUT2D eigenvalue weighted by molar-refractivity contribution is 0.0621. The third kappa shape index (κ3) is 6.46. The van der Waals surface area contributed by atoms with Gasteiger partial charge in [-0.05, 0) is 31.4 Å². The van der Waals surface area contributed by atoms with Gasteiger partial charge >= 0.3 is 0 Å². The van der Waals surface area contributed by atoms with Crippen molar-refractivity contribution >= 4 is 6.08 Å². The van der Waals surface area contributed by atoms with Crippen molar-refractivity contribution in [1.29, 1.82) is 0 Å². The molecule has 0 bridgehead atoms. The first-order valence-corrected chi connectivity index (χ1v) is 9.50. The highest BCUT2D eigenvalue weighted by Gasteiger charge is 2.25. The first kappa shape index (κ1) is 20.0. The highest BCUT2D eigenvalue weighted by Crippen LogP contribution is 2.19. The Bertz CT molecular complexity index is 530. The number of hydrogen-bond donors (Lipinski definition) is 1. The maximum Gasteiger partial charge on any atom is 0.126 e. The maximum absolute atomic E-state index is 9.41. The van der Waals surface area contributed by atoms with E-state index in [0.717, 1.165) is 56.4 Å². The SMILES string of the molecule is COc1ccccc1C=CCN1CCN(CCC(C)C)C(CCO)C1. The van der Waals surface area contributed by atoms with Crippen molar-refractivity contribution < 1.29 is 9.84 Å². The Morgan fingerprint density at radius 2 is 2.08 bits per heavy atom. The Kier molecular flexibility index (Phi) is 8.45. The summed E-state index contributed by atoms with van der Waals surface area (Å²) in [7, 11) is 1.71. The molecule has 1 aliphatic rings. The summed E-state index contributed by atoms with van der Waals surface area (Å²) in [6.45, 7) is 10.1. The van der Waals surface area contributed by atoms with Gasteiger partial charge in [-0.2, -0.15) is 0 Å². The van der Waals surface area contributed by atoms with Gasteiger partial charge in [0.1, 0.15) is 5.75 Å². The lowest BCUT2D eigenvalue weighted by Gasteiger charge is -2.41. The first-order valence-electron chi connectivity index (χ1n) is 9.50. The van der Waals surface area contributed by atoms with Gasteiger partial charge < -0.3 is 9.84 Å². The van der Waals surface area contributed by atoms with Crippen LogP contribution in [-0.4, -0.2) is 67.4 Å². The van der Waals surface area contributed by atoms with Gasteiger partial charge in [0.05, 0.1) is 7.11 Å².